The molecule has 1 N–H and O–H groups in total. The molecule has 0 aliphatic carbocycles. The van der Waals surface area contributed by atoms with E-state index in [1.807, 2.05) is 28.1 Å². The highest BCUT2D eigenvalue weighted by Crippen LogP contribution is 2.23. The van der Waals surface area contributed by atoms with Gasteiger partial charge in [-0.05, 0) is 30.7 Å². The van der Waals surface area contributed by atoms with Crippen LogP contribution in [0.25, 0.3) is 16.3 Å². The Labute approximate surface area is 165 Å². The first-order chi connectivity index (χ1) is 13.1. The number of nitrogens with one attached hydrogen (secondary N) is 1. The molecule has 0 saturated carbocycles. The highest BCUT2D eigenvalue weighted by atomic mass is 35.5. The van der Waals surface area contributed by atoms with Crippen LogP contribution in [-0.2, 0) is 6.42 Å². The fraction of sp³-hybridized carbons (Fsp3) is 0.150. The van der Waals surface area contributed by atoms with Crippen molar-refractivity contribution in [1.29, 1.82) is 0 Å². The van der Waals surface area contributed by atoms with Gasteiger partial charge in [0.05, 0.1) is 5.69 Å². The van der Waals surface area contributed by atoms with Crippen molar-refractivity contribution in [2.24, 2.45) is 0 Å². The maximum atomic E-state index is 12.2. The van der Waals surface area contributed by atoms with Crippen molar-refractivity contribution in [3.8, 4) is 11.4 Å². The lowest BCUT2D eigenvalue weighted by molar-refractivity contribution is 0.0954. The molecule has 4 aromatic rings. The number of thiazole rings is 1. The molecule has 2 aromatic heterocycles. The van der Waals surface area contributed by atoms with Crippen molar-refractivity contribution in [3.63, 3.8) is 0 Å². The molecule has 2 aromatic carbocycles. The number of fused-ring (bicyclic) bond motifs is 1. The first kappa shape index (κ1) is 17.7. The van der Waals surface area contributed by atoms with E-state index in [0.29, 0.717) is 23.6 Å². The van der Waals surface area contributed by atoms with Gasteiger partial charge in [0.2, 0.25) is 4.96 Å². The van der Waals surface area contributed by atoms with E-state index < -0.39 is 0 Å². The number of carbonyl (C=O) groups is 1. The number of amides is 1. The van der Waals surface area contributed by atoms with Gasteiger partial charge >= 0.3 is 0 Å². The number of carbonyl (C=O) groups excluding carboxylic acids is 1. The topological polar surface area (TPSA) is 59.3 Å². The number of benzene rings is 2. The summed E-state index contributed by atoms with van der Waals surface area (Å²) in [6.45, 7) is 2.56. The summed E-state index contributed by atoms with van der Waals surface area (Å²) in [5, 5.41) is 10.2. The monoisotopic (exact) mass is 396 g/mol. The summed E-state index contributed by atoms with van der Waals surface area (Å²) in [6.07, 6.45) is 0.670. The van der Waals surface area contributed by atoms with Gasteiger partial charge in [0.1, 0.15) is 0 Å². The van der Waals surface area contributed by atoms with E-state index in [1.165, 1.54) is 0 Å². The Morgan fingerprint density at radius 3 is 2.89 bits per heavy atom. The number of aromatic nitrogens is 3. The lowest BCUT2D eigenvalue weighted by atomic mass is 10.1. The molecule has 0 aliphatic rings. The van der Waals surface area contributed by atoms with Crippen LogP contribution in [0.5, 0.6) is 0 Å². The zero-order valence-electron chi connectivity index (χ0n) is 14.6. The molecule has 0 fully saturated rings. The van der Waals surface area contributed by atoms with E-state index in [4.69, 9.17) is 11.6 Å². The van der Waals surface area contributed by atoms with Gasteiger partial charge in [-0.1, -0.05) is 41.9 Å². The molecule has 0 atom stereocenters. The van der Waals surface area contributed by atoms with Gasteiger partial charge in [0.25, 0.3) is 5.91 Å². The van der Waals surface area contributed by atoms with E-state index in [9.17, 15) is 4.79 Å². The molecule has 0 aliphatic heterocycles. The first-order valence-corrected chi connectivity index (χ1v) is 9.80. The smallest absolute Gasteiger partial charge is 0.251 e. The minimum absolute atomic E-state index is 0.136. The van der Waals surface area contributed by atoms with Gasteiger partial charge in [0.15, 0.2) is 5.82 Å². The molecule has 2 heterocycles. The Bertz CT molecular complexity index is 1120. The number of aryl methyl sites for hydroxylation is 1. The van der Waals surface area contributed by atoms with Gasteiger partial charge < -0.3 is 5.32 Å². The second-order valence-corrected chi connectivity index (χ2v) is 7.46. The molecule has 7 heteroatoms. The summed E-state index contributed by atoms with van der Waals surface area (Å²) >= 11 is 7.49. The van der Waals surface area contributed by atoms with Crippen LogP contribution in [0.3, 0.4) is 0 Å². The maximum Gasteiger partial charge on any atom is 0.251 e. The van der Waals surface area contributed by atoms with Gasteiger partial charge in [-0.2, -0.15) is 4.98 Å². The second kappa shape index (κ2) is 7.50. The molecule has 0 spiro atoms. The zero-order valence-corrected chi connectivity index (χ0v) is 16.2. The predicted molar refractivity (Wildman–Crippen MR) is 109 cm³/mol. The van der Waals surface area contributed by atoms with Crippen molar-refractivity contribution in [2.75, 3.05) is 6.54 Å². The van der Waals surface area contributed by atoms with Crippen LogP contribution >= 0.6 is 22.9 Å². The highest BCUT2D eigenvalue weighted by molar-refractivity contribution is 7.15. The van der Waals surface area contributed by atoms with Gasteiger partial charge in [-0.3, -0.25) is 4.79 Å². The summed E-state index contributed by atoms with van der Waals surface area (Å²) in [4.78, 5) is 17.7. The van der Waals surface area contributed by atoms with Crippen LogP contribution in [0, 0.1) is 6.92 Å². The Morgan fingerprint density at radius 1 is 1.22 bits per heavy atom. The molecular formula is C20H17ClN4OS. The van der Waals surface area contributed by atoms with E-state index in [2.05, 4.69) is 28.4 Å². The summed E-state index contributed by atoms with van der Waals surface area (Å²) in [5.74, 6) is 0.590. The van der Waals surface area contributed by atoms with Crippen molar-refractivity contribution in [2.45, 2.75) is 13.3 Å². The van der Waals surface area contributed by atoms with E-state index in [-0.39, 0.29) is 5.91 Å². The lowest BCUT2D eigenvalue weighted by Crippen LogP contribution is -2.26. The lowest BCUT2D eigenvalue weighted by Gasteiger charge is -2.05. The average molecular weight is 397 g/mol. The second-order valence-electron chi connectivity index (χ2n) is 6.19. The van der Waals surface area contributed by atoms with E-state index in [1.54, 1.807) is 35.6 Å². The largest absolute Gasteiger partial charge is 0.352 e. The zero-order chi connectivity index (χ0) is 18.8. The van der Waals surface area contributed by atoms with Gasteiger partial charge in [-0.15, -0.1) is 16.4 Å². The van der Waals surface area contributed by atoms with E-state index >= 15 is 0 Å². The summed E-state index contributed by atoms with van der Waals surface area (Å²) in [5.41, 5.74) is 3.76. The molecule has 0 radical (unpaired) electrons. The third kappa shape index (κ3) is 3.72. The van der Waals surface area contributed by atoms with Crippen LogP contribution in [0.15, 0.2) is 53.9 Å². The standard InChI is InChI=1S/C20H17ClN4OS/c1-13-5-2-3-8-17(13)18-23-20-25(24-18)16(12-27-20)9-10-22-19(26)14-6-4-7-15(21)11-14/h2-8,11-12H,9-10H2,1H3,(H,22,26). The third-order valence-corrected chi connectivity index (χ3v) is 5.39. The molecular weight excluding hydrogens is 380 g/mol. The number of rotatable bonds is 5. The molecule has 1 amide bonds. The van der Waals surface area contributed by atoms with Crippen LogP contribution in [0.2, 0.25) is 5.02 Å². The van der Waals surface area contributed by atoms with Gasteiger partial charge in [-0.25, -0.2) is 4.52 Å². The fourth-order valence-corrected chi connectivity index (χ4v) is 3.92. The van der Waals surface area contributed by atoms with E-state index in [0.717, 1.165) is 27.6 Å². The Kier molecular flexibility index (Phi) is 4.92. The van der Waals surface area contributed by atoms with Crippen LogP contribution in [0.4, 0.5) is 0 Å². The minimum Gasteiger partial charge on any atom is -0.352 e. The van der Waals surface area contributed by atoms with Gasteiger partial charge in [0, 0.05) is 34.5 Å². The number of halogens is 1. The van der Waals surface area contributed by atoms with Crippen molar-refractivity contribution in [3.05, 3.63) is 75.8 Å². The number of hydrogen-bond donors (Lipinski definition) is 1. The SMILES string of the molecule is Cc1ccccc1-c1nc2scc(CCNC(=O)c3cccc(Cl)c3)n2n1. The normalized spacial score (nSPS) is 11.0. The minimum atomic E-state index is -0.136. The Hall–Kier alpha value is -2.70. The van der Waals surface area contributed by atoms with Crippen LogP contribution < -0.4 is 5.32 Å². The van der Waals surface area contributed by atoms with Crippen molar-refractivity contribution < 1.29 is 4.79 Å². The Morgan fingerprint density at radius 2 is 2.07 bits per heavy atom. The average Bonchev–Trinajstić information content (AvgIpc) is 3.23. The summed E-state index contributed by atoms with van der Waals surface area (Å²) < 4.78 is 1.86. The molecule has 136 valence electrons. The number of hydrogen-bond acceptors (Lipinski definition) is 4. The maximum absolute atomic E-state index is 12.2. The molecule has 0 unspecified atom stereocenters. The van der Waals surface area contributed by atoms with Crippen molar-refractivity contribution in [1.82, 2.24) is 19.9 Å². The Balaban J connectivity index is 1.47. The highest BCUT2D eigenvalue weighted by Gasteiger charge is 2.13. The molecule has 4 rings (SSSR count). The van der Waals surface area contributed by atoms with Crippen LogP contribution in [0.1, 0.15) is 21.6 Å². The fourth-order valence-electron chi connectivity index (χ4n) is 2.87. The molecule has 0 saturated heterocycles. The first-order valence-electron chi connectivity index (χ1n) is 8.55. The van der Waals surface area contributed by atoms with Crippen molar-refractivity contribution >= 4 is 33.8 Å². The molecule has 5 nitrogen and oxygen atoms in total. The number of nitrogens with zero attached hydrogens (tertiary/aromatic N) is 3. The van der Waals surface area contributed by atoms with Crippen LogP contribution in [-0.4, -0.2) is 27.0 Å². The summed E-state index contributed by atoms with van der Waals surface area (Å²) in [7, 11) is 0. The predicted octanol–water partition coefficient (Wildman–Crippen LogP) is 4.39. The molecule has 27 heavy (non-hydrogen) atoms. The third-order valence-electron chi connectivity index (χ3n) is 4.29. The quantitative estimate of drug-likeness (QED) is 0.544. The molecule has 0 bridgehead atoms. The summed E-state index contributed by atoms with van der Waals surface area (Å²) in [6, 6.07) is 15.0.